The largest absolute Gasteiger partial charge is 0.493 e. The van der Waals surface area contributed by atoms with Gasteiger partial charge in [-0.15, -0.1) is 0 Å². The fraction of sp³-hybridized carbons (Fsp3) is 0.438. The van der Waals surface area contributed by atoms with E-state index in [-0.39, 0.29) is 10.7 Å². The molecule has 1 aliphatic rings. The van der Waals surface area contributed by atoms with Crippen LogP contribution in [0.4, 0.5) is 0 Å². The smallest absolute Gasteiger partial charge is 0.181 e. The summed E-state index contributed by atoms with van der Waals surface area (Å²) in [7, 11) is -1.66. The van der Waals surface area contributed by atoms with Gasteiger partial charge in [-0.2, -0.15) is 0 Å². The molecule has 1 fully saturated rings. The predicted octanol–water partition coefficient (Wildman–Crippen LogP) is 7.39. The topological polar surface area (TPSA) is 55.8 Å². The maximum absolute atomic E-state index is 13.1. The number of aryl methyl sites for hydroxylation is 2. The van der Waals surface area contributed by atoms with Gasteiger partial charge in [0.15, 0.2) is 21.3 Å². The van der Waals surface area contributed by atoms with Crippen LogP contribution < -0.4 is 9.47 Å². The number of rotatable bonds is 8. The first-order chi connectivity index (χ1) is 18.4. The molecule has 1 heterocycles. The summed E-state index contributed by atoms with van der Waals surface area (Å²) in [5.41, 5.74) is 6.24. The first kappa shape index (κ1) is 29.6. The van der Waals surface area contributed by atoms with Crippen LogP contribution in [0.15, 0.2) is 64.0 Å². The van der Waals surface area contributed by atoms with E-state index in [0.717, 1.165) is 35.4 Å². The standard InChI is InChI=1S/C32H40BrNO4S/c1-22-17-25(32(3,4)5)18-23(2)29(22)21-38-30-12-7-24(19-31(30)37-6)20-34-15-13-28(14-16-34)39(35,36)27-10-8-26(33)9-11-27/h7-12,17-19,28H,13-16,20-21H2,1-6H3. The van der Waals surface area contributed by atoms with Crippen molar-refractivity contribution in [1.82, 2.24) is 4.90 Å². The molecule has 0 spiro atoms. The molecule has 3 aromatic rings. The number of benzene rings is 3. The van der Waals surface area contributed by atoms with Gasteiger partial charge in [0.2, 0.25) is 0 Å². The normalized spacial score (nSPS) is 15.4. The molecule has 3 aromatic carbocycles. The molecule has 1 aliphatic heterocycles. The van der Waals surface area contributed by atoms with E-state index in [0.29, 0.717) is 30.1 Å². The van der Waals surface area contributed by atoms with Crippen LogP contribution in [0.2, 0.25) is 0 Å². The highest BCUT2D eigenvalue weighted by Gasteiger charge is 2.31. The van der Waals surface area contributed by atoms with E-state index < -0.39 is 9.84 Å². The third-order valence-electron chi connectivity index (χ3n) is 7.68. The molecule has 0 bridgehead atoms. The molecule has 7 heteroatoms. The zero-order valence-electron chi connectivity index (χ0n) is 23.9. The van der Waals surface area contributed by atoms with Crippen LogP contribution in [0.25, 0.3) is 0 Å². The maximum Gasteiger partial charge on any atom is 0.181 e. The van der Waals surface area contributed by atoms with Gasteiger partial charge in [-0.3, -0.25) is 4.90 Å². The lowest BCUT2D eigenvalue weighted by Gasteiger charge is -2.31. The summed E-state index contributed by atoms with van der Waals surface area (Å²) in [4.78, 5) is 2.71. The number of likely N-dealkylation sites (tertiary alicyclic amines) is 1. The van der Waals surface area contributed by atoms with Gasteiger partial charge in [0, 0.05) is 11.0 Å². The van der Waals surface area contributed by atoms with Gasteiger partial charge in [0.1, 0.15) is 6.61 Å². The number of sulfone groups is 1. The van der Waals surface area contributed by atoms with Gasteiger partial charge in [-0.05, 0) is 109 Å². The molecule has 39 heavy (non-hydrogen) atoms. The Balaban J connectivity index is 1.37. The van der Waals surface area contributed by atoms with Gasteiger partial charge in [0.25, 0.3) is 0 Å². The second-order valence-corrected chi connectivity index (χ2v) is 14.7. The molecule has 210 valence electrons. The van der Waals surface area contributed by atoms with Gasteiger partial charge >= 0.3 is 0 Å². The van der Waals surface area contributed by atoms with Gasteiger partial charge in [0.05, 0.1) is 17.3 Å². The molecule has 0 unspecified atom stereocenters. The molecule has 1 saturated heterocycles. The minimum absolute atomic E-state index is 0.108. The minimum atomic E-state index is -3.32. The van der Waals surface area contributed by atoms with Crippen molar-refractivity contribution in [2.24, 2.45) is 0 Å². The van der Waals surface area contributed by atoms with Crippen molar-refractivity contribution in [2.45, 2.75) is 76.2 Å². The van der Waals surface area contributed by atoms with Crippen molar-refractivity contribution < 1.29 is 17.9 Å². The summed E-state index contributed by atoms with van der Waals surface area (Å²) in [6.45, 7) is 13.7. The van der Waals surface area contributed by atoms with Crippen molar-refractivity contribution in [3.8, 4) is 11.5 Å². The Labute approximate surface area is 242 Å². The van der Waals surface area contributed by atoms with E-state index in [4.69, 9.17) is 9.47 Å². The van der Waals surface area contributed by atoms with Gasteiger partial charge in [-0.25, -0.2) is 8.42 Å². The van der Waals surface area contributed by atoms with Crippen LogP contribution in [-0.4, -0.2) is 38.8 Å². The van der Waals surface area contributed by atoms with Crippen molar-refractivity contribution >= 4 is 25.8 Å². The zero-order chi connectivity index (χ0) is 28.4. The summed E-state index contributed by atoms with van der Waals surface area (Å²) < 4.78 is 39.0. The first-order valence-corrected chi connectivity index (χ1v) is 15.8. The summed E-state index contributed by atoms with van der Waals surface area (Å²) in [5, 5.41) is -0.343. The molecular weight excluding hydrogens is 574 g/mol. The summed E-state index contributed by atoms with van der Waals surface area (Å²) >= 11 is 3.38. The fourth-order valence-electron chi connectivity index (χ4n) is 5.19. The van der Waals surface area contributed by atoms with E-state index >= 15 is 0 Å². The summed E-state index contributed by atoms with van der Waals surface area (Å²) in [6, 6.07) is 17.6. The molecule has 4 rings (SSSR count). The number of halogens is 1. The Morgan fingerprint density at radius 1 is 0.923 bits per heavy atom. The van der Waals surface area contributed by atoms with Crippen molar-refractivity contribution in [3.63, 3.8) is 0 Å². The van der Waals surface area contributed by atoms with Crippen LogP contribution >= 0.6 is 15.9 Å². The van der Waals surface area contributed by atoms with Crippen molar-refractivity contribution in [2.75, 3.05) is 20.2 Å². The number of hydrogen-bond donors (Lipinski definition) is 0. The SMILES string of the molecule is COc1cc(CN2CCC(S(=O)(=O)c3ccc(Br)cc3)CC2)ccc1OCc1c(C)cc(C(C)(C)C)cc1C. The highest BCUT2D eigenvalue weighted by atomic mass is 79.9. The molecule has 0 aliphatic carbocycles. The van der Waals surface area contributed by atoms with Crippen LogP contribution in [0, 0.1) is 13.8 Å². The van der Waals surface area contributed by atoms with Gasteiger partial charge in [-0.1, -0.05) is 54.9 Å². The van der Waals surface area contributed by atoms with E-state index in [2.05, 4.69) is 73.6 Å². The number of ether oxygens (including phenoxy) is 2. The molecule has 0 N–H and O–H groups in total. The lowest BCUT2D eigenvalue weighted by molar-refractivity contribution is 0.221. The second-order valence-electron chi connectivity index (χ2n) is 11.6. The summed E-state index contributed by atoms with van der Waals surface area (Å²) in [6.07, 6.45) is 1.26. The molecule has 0 saturated carbocycles. The zero-order valence-corrected chi connectivity index (χ0v) is 26.3. The average molecular weight is 615 g/mol. The lowest BCUT2D eigenvalue weighted by Crippen LogP contribution is -2.38. The van der Waals surface area contributed by atoms with Crippen molar-refractivity contribution in [3.05, 3.63) is 86.9 Å². The van der Waals surface area contributed by atoms with Gasteiger partial charge < -0.3 is 9.47 Å². The Bertz CT molecular complexity index is 1380. The molecule has 5 nitrogen and oxygen atoms in total. The predicted molar refractivity (Wildman–Crippen MR) is 162 cm³/mol. The van der Waals surface area contributed by atoms with Crippen molar-refractivity contribution in [1.29, 1.82) is 0 Å². The Kier molecular flexibility index (Phi) is 9.14. The second kappa shape index (κ2) is 12.0. The van der Waals surface area contributed by atoms with E-state index in [1.165, 1.54) is 22.3 Å². The van der Waals surface area contributed by atoms with E-state index in [9.17, 15) is 8.42 Å². The third kappa shape index (κ3) is 7.05. The van der Waals surface area contributed by atoms with Crippen LogP contribution in [-0.2, 0) is 28.4 Å². The number of piperidine rings is 1. The molecule has 0 aromatic heterocycles. The quantitative estimate of drug-likeness (QED) is 0.265. The highest BCUT2D eigenvalue weighted by Crippen LogP contribution is 2.32. The minimum Gasteiger partial charge on any atom is -0.493 e. The Hall–Kier alpha value is -2.35. The molecule has 0 atom stereocenters. The van der Waals surface area contributed by atoms with Crippen LogP contribution in [0.3, 0.4) is 0 Å². The fourth-order valence-corrected chi connectivity index (χ4v) is 7.18. The third-order valence-corrected chi connectivity index (χ3v) is 10.5. The summed E-state index contributed by atoms with van der Waals surface area (Å²) in [5.74, 6) is 1.43. The average Bonchev–Trinajstić information content (AvgIpc) is 2.88. The number of nitrogens with zero attached hydrogens (tertiary/aromatic N) is 1. The van der Waals surface area contributed by atoms with Crippen LogP contribution in [0.5, 0.6) is 11.5 Å². The molecule has 0 radical (unpaired) electrons. The highest BCUT2D eigenvalue weighted by molar-refractivity contribution is 9.10. The van der Waals surface area contributed by atoms with E-state index in [1.54, 1.807) is 31.4 Å². The maximum atomic E-state index is 13.1. The Morgan fingerprint density at radius 2 is 1.54 bits per heavy atom. The number of hydrogen-bond acceptors (Lipinski definition) is 5. The molecular formula is C32H40BrNO4S. The first-order valence-electron chi connectivity index (χ1n) is 13.5. The molecule has 0 amide bonds. The lowest BCUT2D eigenvalue weighted by atomic mass is 9.84. The van der Waals surface area contributed by atoms with E-state index in [1.807, 2.05) is 12.1 Å². The number of methoxy groups -OCH3 is 1. The monoisotopic (exact) mass is 613 g/mol. The Morgan fingerprint density at radius 3 is 2.10 bits per heavy atom. The van der Waals surface area contributed by atoms with Crippen LogP contribution in [0.1, 0.15) is 61.4 Å².